The summed E-state index contributed by atoms with van der Waals surface area (Å²) in [6, 6.07) is 0. The maximum absolute atomic E-state index is 5.87. The van der Waals surface area contributed by atoms with Crippen LogP contribution in [0, 0.1) is 12.3 Å². The fourth-order valence-electron chi connectivity index (χ4n) is 2.21. The van der Waals surface area contributed by atoms with Gasteiger partial charge in [-0.1, -0.05) is 12.5 Å². The summed E-state index contributed by atoms with van der Waals surface area (Å²) in [4.78, 5) is 0. The van der Waals surface area contributed by atoms with Crippen molar-refractivity contribution in [2.24, 2.45) is 0 Å². The van der Waals surface area contributed by atoms with E-state index >= 15 is 0 Å². The van der Waals surface area contributed by atoms with Gasteiger partial charge in [0.2, 0.25) is 0 Å². The standard InChI is InChI=1S/C14H20O4/c1-7-10-12(18-14(5,6)16-10)11-9(2)8-15-13(3,4)17-11/h1,10-12H,2,8H2,3-6H3/t10-,11?,12-/m0/s1. The second-order valence-electron chi connectivity index (χ2n) is 5.57. The molecule has 0 bridgehead atoms. The number of hydrogen-bond acceptors (Lipinski definition) is 4. The number of hydrogen-bond donors (Lipinski definition) is 0. The summed E-state index contributed by atoms with van der Waals surface area (Å²) in [5.41, 5.74) is 0.820. The Balaban J connectivity index is 2.19. The SMILES string of the molecule is C#C[C@@H]1OC(C)(C)O[C@@H]1C1OC(C)(C)OCC1=C. The largest absolute Gasteiger partial charge is 0.346 e. The average molecular weight is 252 g/mol. The first-order valence-electron chi connectivity index (χ1n) is 6.05. The molecule has 2 aliphatic rings. The van der Waals surface area contributed by atoms with E-state index in [1.165, 1.54) is 0 Å². The smallest absolute Gasteiger partial charge is 0.165 e. The monoisotopic (exact) mass is 252 g/mol. The Hall–Kier alpha value is -0.860. The van der Waals surface area contributed by atoms with E-state index in [-0.39, 0.29) is 12.2 Å². The average Bonchev–Trinajstić information content (AvgIpc) is 2.57. The van der Waals surface area contributed by atoms with Gasteiger partial charge in [-0.15, -0.1) is 6.42 Å². The van der Waals surface area contributed by atoms with Gasteiger partial charge >= 0.3 is 0 Å². The highest BCUT2D eigenvalue weighted by Gasteiger charge is 2.48. The van der Waals surface area contributed by atoms with Crippen molar-refractivity contribution in [2.45, 2.75) is 57.6 Å². The lowest BCUT2D eigenvalue weighted by molar-refractivity contribution is -0.271. The summed E-state index contributed by atoms with van der Waals surface area (Å²) in [7, 11) is 0. The Labute approximate surface area is 108 Å². The highest BCUT2D eigenvalue weighted by Crippen LogP contribution is 2.36. The summed E-state index contributed by atoms with van der Waals surface area (Å²) in [6.07, 6.45) is 4.40. The van der Waals surface area contributed by atoms with E-state index in [9.17, 15) is 0 Å². The fraction of sp³-hybridized carbons (Fsp3) is 0.714. The molecule has 0 amide bonds. The van der Waals surface area contributed by atoms with Gasteiger partial charge in [-0.2, -0.15) is 0 Å². The third kappa shape index (κ3) is 2.60. The molecule has 4 nitrogen and oxygen atoms in total. The maximum atomic E-state index is 5.87. The third-order valence-electron chi connectivity index (χ3n) is 3.01. The zero-order valence-electron chi connectivity index (χ0n) is 11.4. The third-order valence-corrected chi connectivity index (χ3v) is 3.01. The van der Waals surface area contributed by atoms with E-state index in [0.29, 0.717) is 6.61 Å². The number of terminal acetylenes is 1. The molecule has 2 rings (SSSR count). The zero-order chi connectivity index (χ0) is 13.6. The minimum Gasteiger partial charge on any atom is -0.346 e. The van der Waals surface area contributed by atoms with Crippen LogP contribution in [0.2, 0.25) is 0 Å². The van der Waals surface area contributed by atoms with E-state index in [4.69, 9.17) is 25.4 Å². The minimum atomic E-state index is -0.701. The molecule has 4 heteroatoms. The summed E-state index contributed by atoms with van der Waals surface area (Å²) >= 11 is 0. The first-order chi connectivity index (χ1) is 8.24. The van der Waals surface area contributed by atoms with Crippen LogP contribution in [0.1, 0.15) is 27.7 Å². The van der Waals surface area contributed by atoms with Crippen LogP contribution in [0.15, 0.2) is 12.2 Å². The quantitative estimate of drug-likeness (QED) is 0.527. The lowest BCUT2D eigenvalue weighted by Crippen LogP contribution is -2.49. The van der Waals surface area contributed by atoms with Gasteiger partial charge in [0.05, 0.1) is 6.61 Å². The summed E-state index contributed by atoms with van der Waals surface area (Å²) in [6.45, 7) is 11.8. The van der Waals surface area contributed by atoms with E-state index in [1.807, 2.05) is 27.7 Å². The summed E-state index contributed by atoms with van der Waals surface area (Å²) in [5.74, 6) is 1.24. The van der Waals surface area contributed by atoms with Gasteiger partial charge in [0, 0.05) is 0 Å². The molecule has 0 saturated carbocycles. The van der Waals surface area contributed by atoms with Crippen molar-refractivity contribution < 1.29 is 18.9 Å². The van der Waals surface area contributed by atoms with E-state index in [1.54, 1.807) is 0 Å². The first kappa shape index (κ1) is 13.6. The molecule has 2 fully saturated rings. The molecule has 0 aromatic carbocycles. The fourth-order valence-corrected chi connectivity index (χ4v) is 2.21. The summed E-state index contributed by atoms with van der Waals surface area (Å²) in [5, 5.41) is 0. The van der Waals surface area contributed by atoms with Crippen LogP contribution < -0.4 is 0 Å². The van der Waals surface area contributed by atoms with Crippen molar-refractivity contribution in [1.29, 1.82) is 0 Å². The lowest BCUT2D eigenvalue weighted by Gasteiger charge is -2.39. The van der Waals surface area contributed by atoms with Crippen molar-refractivity contribution in [3.63, 3.8) is 0 Å². The van der Waals surface area contributed by atoms with Crippen LogP contribution in [0.5, 0.6) is 0 Å². The molecule has 0 N–H and O–H groups in total. The molecule has 2 heterocycles. The molecule has 0 radical (unpaired) electrons. The molecule has 2 saturated heterocycles. The van der Waals surface area contributed by atoms with Gasteiger partial charge in [-0.25, -0.2) is 0 Å². The molecule has 0 aliphatic carbocycles. The molecular formula is C14H20O4. The van der Waals surface area contributed by atoms with Gasteiger partial charge in [0.25, 0.3) is 0 Å². The van der Waals surface area contributed by atoms with Gasteiger partial charge in [-0.3, -0.25) is 0 Å². The van der Waals surface area contributed by atoms with Gasteiger partial charge in [0.1, 0.15) is 18.3 Å². The van der Waals surface area contributed by atoms with Crippen molar-refractivity contribution in [1.82, 2.24) is 0 Å². The van der Waals surface area contributed by atoms with Crippen molar-refractivity contribution in [2.75, 3.05) is 6.61 Å². The topological polar surface area (TPSA) is 36.9 Å². The van der Waals surface area contributed by atoms with E-state index in [0.717, 1.165) is 5.57 Å². The minimum absolute atomic E-state index is 0.309. The zero-order valence-corrected chi connectivity index (χ0v) is 11.4. The van der Waals surface area contributed by atoms with Crippen LogP contribution in [-0.2, 0) is 18.9 Å². The summed E-state index contributed by atoms with van der Waals surface area (Å²) < 4.78 is 22.9. The Morgan fingerprint density at radius 1 is 1.17 bits per heavy atom. The molecule has 18 heavy (non-hydrogen) atoms. The Morgan fingerprint density at radius 3 is 2.44 bits per heavy atom. The van der Waals surface area contributed by atoms with Crippen LogP contribution in [0.3, 0.4) is 0 Å². The van der Waals surface area contributed by atoms with Crippen LogP contribution in [0.25, 0.3) is 0 Å². The normalized spacial score (nSPS) is 38.4. The van der Waals surface area contributed by atoms with Gasteiger partial charge < -0.3 is 18.9 Å². The maximum Gasteiger partial charge on any atom is 0.165 e. The highest BCUT2D eigenvalue weighted by atomic mass is 16.8. The van der Waals surface area contributed by atoms with Gasteiger partial charge in [-0.05, 0) is 33.3 Å². The van der Waals surface area contributed by atoms with Crippen LogP contribution in [-0.4, -0.2) is 36.5 Å². The molecule has 0 spiro atoms. The molecule has 1 unspecified atom stereocenters. The molecule has 100 valence electrons. The lowest BCUT2D eigenvalue weighted by atomic mass is 10.0. The van der Waals surface area contributed by atoms with Crippen molar-refractivity contribution in [3.8, 4) is 12.3 Å². The van der Waals surface area contributed by atoms with E-state index in [2.05, 4.69) is 12.5 Å². The van der Waals surface area contributed by atoms with Crippen molar-refractivity contribution in [3.05, 3.63) is 12.2 Å². The molecule has 0 aromatic rings. The first-order valence-corrected chi connectivity index (χ1v) is 6.05. The second kappa shape index (κ2) is 4.36. The Bertz CT molecular complexity index is 391. The number of ether oxygens (including phenoxy) is 4. The molecule has 3 atom stereocenters. The molecule has 2 aliphatic heterocycles. The Morgan fingerprint density at radius 2 is 1.83 bits per heavy atom. The van der Waals surface area contributed by atoms with Crippen LogP contribution in [0.4, 0.5) is 0 Å². The predicted octanol–water partition coefficient (Wildman–Crippen LogP) is 1.85. The van der Waals surface area contributed by atoms with E-state index < -0.39 is 17.7 Å². The highest BCUT2D eigenvalue weighted by molar-refractivity contribution is 5.16. The Kier molecular flexibility index (Phi) is 3.28. The molecular weight excluding hydrogens is 232 g/mol. The van der Waals surface area contributed by atoms with Crippen molar-refractivity contribution >= 4 is 0 Å². The van der Waals surface area contributed by atoms with Crippen LogP contribution >= 0.6 is 0 Å². The predicted molar refractivity (Wildman–Crippen MR) is 66.7 cm³/mol. The van der Waals surface area contributed by atoms with Gasteiger partial charge in [0.15, 0.2) is 11.6 Å². The second-order valence-corrected chi connectivity index (χ2v) is 5.57. The molecule has 0 aromatic heterocycles. The number of rotatable bonds is 1.